The summed E-state index contributed by atoms with van der Waals surface area (Å²) in [6, 6.07) is 9.19. The third kappa shape index (κ3) is 5.02. The molecule has 13 heteroatoms. The lowest BCUT2D eigenvalue weighted by atomic mass is 10.2. The van der Waals surface area contributed by atoms with Crippen molar-refractivity contribution >= 4 is 57.6 Å². The van der Waals surface area contributed by atoms with Gasteiger partial charge in [-0.3, -0.25) is 34.7 Å². The molecule has 2 aromatic rings. The molecule has 3 rings (SSSR count). The number of aliphatic carboxylic acids is 1. The number of rotatable bonds is 7. The van der Waals surface area contributed by atoms with Gasteiger partial charge in [-0.2, -0.15) is 0 Å². The predicted octanol–water partition coefficient (Wildman–Crippen LogP) is 3.58. The monoisotopic (exact) mass is 461 g/mol. The Hall–Kier alpha value is -3.84. The maximum atomic E-state index is 12.3. The van der Waals surface area contributed by atoms with E-state index in [1.165, 1.54) is 18.2 Å². The van der Waals surface area contributed by atoms with Crippen molar-refractivity contribution in [1.82, 2.24) is 4.90 Å². The molecule has 11 nitrogen and oxygen atoms in total. The first-order valence-electron chi connectivity index (χ1n) is 8.33. The van der Waals surface area contributed by atoms with Crippen LogP contribution >= 0.6 is 24.0 Å². The number of carboxylic acids is 1. The predicted molar refractivity (Wildman–Crippen MR) is 114 cm³/mol. The minimum Gasteiger partial charge on any atom is -0.480 e. The van der Waals surface area contributed by atoms with Crippen molar-refractivity contribution in [2.45, 2.75) is 0 Å². The van der Waals surface area contributed by atoms with Gasteiger partial charge in [-0.25, -0.2) is 0 Å². The Balaban J connectivity index is 1.79. The molecule has 1 aliphatic rings. The molecule has 1 aliphatic heterocycles. The molecule has 1 amide bonds. The number of carboxylic acid groups (broad SMARTS) is 1. The van der Waals surface area contributed by atoms with E-state index < -0.39 is 39.6 Å². The molecular weight excluding hydrogens is 450 g/mol. The number of non-ortho nitro benzene ring substituents is 1. The van der Waals surface area contributed by atoms with Crippen molar-refractivity contribution in [3.8, 4) is 11.5 Å². The summed E-state index contributed by atoms with van der Waals surface area (Å²) in [7, 11) is 0. The Bertz CT molecular complexity index is 1150. The fourth-order valence-corrected chi connectivity index (χ4v) is 3.79. The standard InChI is InChI=1S/C18H11N3O8S2/c22-16(23)9-19-17(24)15(31-18(19)30)7-10-1-4-12(5-2-10)29-14-6-3-11(20(25)26)8-13(14)21(27)28/h1-8H,9H2,(H,22,23). The van der Waals surface area contributed by atoms with Crippen LogP contribution in [0.3, 0.4) is 0 Å². The Labute approximate surface area is 183 Å². The van der Waals surface area contributed by atoms with Crippen molar-refractivity contribution < 1.29 is 29.3 Å². The summed E-state index contributed by atoms with van der Waals surface area (Å²) in [6.45, 7) is -0.525. The number of nitro benzene ring substituents is 2. The highest BCUT2D eigenvalue weighted by Gasteiger charge is 2.33. The van der Waals surface area contributed by atoms with Gasteiger partial charge in [0.2, 0.25) is 5.75 Å². The van der Waals surface area contributed by atoms with Gasteiger partial charge in [0, 0.05) is 6.07 Å². The van der Waals surface area contributed by atoms with Gasteiger partial charge in [-0.1, -0.05) is 36.1 Å². The molecule has 0 bridgehead atoms. The maximum absolute atomic E-state index is 12.3. The molecule has 0 aromatic heterocycles. The van der Waals surface area contributed by atoms with Crippen molar-refractivity contribution in [3.05, 3.63) is 73.2 Å². The van der Waals surface area contributed by atoms with Crippen LogP contribution in [0.5, 0.6) is 11.5 Å². The van der Waals surface area contributed by atoms with E-state index in [2.05, 4.69) is 0 Å². The highest BCUT2D eigenvalue weighted by atomic mass is 32.2. The number of thiocarbonyl (C=S) groups is 1. The number of nitro groups is 2. The Morgan fingerprint density at radius 1 is 1.16 bits per heavy atom. The second kappa shape index (κ2) is 8.89. The van der Waals surface area contributed by atoms with Gasteiger partial charge in [-0.15, -0.1) is 0 Å². The number of carbonyl (C=O) groups is 2. The van der Waals surface area contributed by atoms with E-state index in [4.69, 9.17) is 22.1 Å². The van der Waals surface area contributed by atoms with Crippen molar-refractivity contribution in [2.75, 3.05) is 6.54 Å². The number of ether oxygens (including phenoxy) is 1. The Kier molecular flexibility index (Phi) is 6.27. The van der Waals surface area contributed by atoms with Crippen LogP contribution in [-0.2, 0) is 9.59 Å². The largest absolute Gasteiger partial charge is 0.480 e. The molecule has 31 heavy (non-hydrogen) atoms. The highest BCUT2D eigenvalue weighted by molar-refractivity contribution is 8.26. The Morgan fingerprint density at radius 3 is 2.42 bits per heavy atom. The van der Waals surface area contributed by atoms with Gasteiger partial charge in [0.25, 0.3) is 11.6 Å². The molecule has 0 unspecified atom stereocenters. The summed E-state index contributed by atoms with van der Waals surface area (Å²) in [5, 5.41) is 30.9. The van der Waals surface area contributed by atoms with Crippen LogP contribution in [0.15, 0.2) is 47.4 Å². The SMILES string of the molecule is O=C(O)CN1C(=O)C(=Cc2ccc(Oc3ccc([N+](=O)[O-])cc3[N+](=O)[O-])cc2)SC1=S. The minimum absolute atomic E-state index is 0.143. The molecule has 0 aliphatic carbocycles. The molecule has 1 saturated heterocycles. The lowest BCUT2D eigenvalue weighted by molar-refractivity contribution is -0.394. The van der Waals surface area contributed by atoms with Crippen molar-refractivity contribution in [1.29, 1.82) is 0 Å². The summed E-state index contributed by atoms with van der Waals surface area (Å²) in [5.41, 5.74) is -0.406. The molecule has 1 heterocycles. The zero-order valence-electron chi connectivity index (χ0n) is 15.3. The summed E-state index contributed by atoms with van der Waals surface area (Å²) >= 11 is 6.01. The molecule has 0 saturated carbocycles. The highest BCUT2D eigenvalue weighted by Crippen LogP contribution is 2.35. The average Bonchev–Trinajstić information content (AvgIpc) is 2.96. The van der Waals surface area contributed by atoms with E-state index >= 15 is 0 Å². The third-order valence-electron chi connectivity index (χ3n) is 3.92. The zero-order valence-corrected chi connectivity index (χ0v) is 16.9. The lowest BCUT2D eigenvalue weighted by Gasteiger charge is -2.10. The summed E-state index contributed by atoms with van der Waals surface area (Å²) in [6.07, 6.45) is 1.53. The van der Waals surface area contributed by atoms with Crippen LogP contribution in [0.4, 0.5) is 11.4 Å². The number of hydrogen-bond donors (Lipinski definition) is 1. The van der Waals surface area contributed by atoms with E-state index in [1.807, 2.05) is 0 Å². The molecule has 1 N–H and O–H groups in total. The molecule has 2 aromatic carbocycles. The van der Waals surface area contributed by atoms with Gasteiger partial charge in [-0.05, 0) is 29.8 Å². The van der Waals surface area contributed by atoms with Gasteiger partial charge < -0.3 is 9.84 Å². The van der Waals surface area contributed by atoms with Gasteiger partial charge >= 0.3 is 11.7 Å². The van der Waals surface area contributed by atoms with E-state index in [0.717, 1.165) is 34.9 Å². The average molecular weight is 461 g/mol. The zero-order chi connectivity index (χ0) is 22.7. The van der Waals surface area contributed by atoms with Crippen LogP contribution in [0.1, 0.15) is 5.56 Å². The quantitative estimate of drug-likeness (QED) is 0.280. The number of carbonyl (C=O) groups excluding carboxylic acids is 1. The van der Waals surface area contributed by atoms with Gasteiger partial charge in [0.05, 0.1) is 20.8 Å². The normalized spacial score (nSPS) is 14.7. The Morgan fingerprint density at radius 2 is 1.84 bits per heavy atom. The smallest absolute Gasteiger partial charge is 0.323 e. The van der Waals surface area contributed by atoms with Gasteiger partial charge in [0.1, 0.15) is 16.6 Å². The summed E-state index contributed by atoms with van der Waals surface area (Å²) in [4.78, 5) is 44.9. The number of benzene rings is 2. The fraction of sp³-hybridized carbons (Fsp3) is 0.0556. The molecular formula is C18H11N3O8S2. The van der Waals surface area contributed by atoms with Crippen LogP contribution in [-0.4, -0.2) is 42.6 Å². The molecule has 0 spiro atoms. The number of hydrogen-bond acceptors (Lipinski definition) is 9. The number of thioether (sulfide) groups is 1. The molecule has 0 radical (unpaired) electrons. The van der Waals surface area contributed by atoms with Crippen molar-refractivity contribution in [3.63, 3.8) is 0 Å². The topological polar surface area (TPSA) is 153 Å². The number of nitrogens with zero attached hydrogens (tertiary/aromatic N) is 3. The first-order chi connectivity index (χ1) is 14.7. The van der Waals surface area contributed by atoms with Crippen molar-refractivity contribution in [2.24, 2.45) is 0 Å². The molecule has 158 valence electrons. The fourth-order valence-electron chi connectivity index (χ4n) is 2.53. The van der Waals surface area contributed by atoms with Gasteiger partial charge in [0.15, 0.2) is 0 Å². The second-order valence-electron chi connectivity index (χ2n) is 6.00. The summed E-state index contributed by atoms with van der Waals surface area (Å²) < 4.78 is 5.62. The lowest BCUT2D eigenvalue weighted by Crippen LogP contribution is -2.33. The summed E-state index contributed by atoms with van der Waals surface area (Å²) in [5.74, 6) is -1.64. The molecule has 1 fully saturated rings. The van der Waals surface area contributed by atoms with E-state index in [-0.39, 0.29) is 20.7 Å². The van der Waals surface area contributed by atoms with Crippen LogP contribution in [0.2, 0.25) is 0 Å². The third-order valence-corrected chi connectivity index (χ3v) is 5.30. The first kappa shape index (κ1) is 21.9. The van der Waals surface area contributed by atoms with Crippen LogP contribution in [0.25, 0.3) is 6.08 Å². The van der Waals surface area contributed by atoms with E-state index in [1.54, 1.807) is 12.1 Å². The van der Waals surface area contributed by atoms with E-state index in [9.17, 15) is 29.8 Å². The maximum Gasteiger partial charge on any atom is 0.323 e. The second-order valence-corrected chi connectivity index (χ2v) is 7.67. The van der Waals surface area contributed by atoms with E-state index in [0.29, 0.717) is 5.56 Å². The molecule has 0 atom stereocenters. The van der Waals surface area contributed by atoms with Crippen LogP contribution in [0, 0.1) is 20.2 Å². The van der Waals surface area contributed by atoms with Crippen LogP contribution < -0.4 is 4.74 Å². The minimum atomic E-state index is -1.18. The first-order valence-corrected chi connectivity index (χ1v) is 9.56. The number of amides is 1.